The van der Waals surface area contributed by atoms with Gasteiger partial charge >= 0.3 is 11.9 Å². The molecule has 208 valence electrons. The van der Waals surface area contributed by atoms with Crippen molar-refractivity contribution in [3.8, 4) is 0 Å². The van der Waals surface area contributed by atoms with Crippen molar-refractivity contribution >= 4 is 23.3 Å². The fourth-order valence-electron chi connectivity index (χ4n) is 4.33. The number of nitrogens with zero attached hydrogens (tertiary/aromatic N) is 3. The van der Waals surface area contributed by atoms with Gasteiger partial charge in [0.25, 0.3) is 5.69 Å². The minimum Gasteiger partial charge on any atom is -0.463 e. The largest absolute Gasteiger partial charge is 0.463 e. The fourth-order valence-corrected chi connectivity index (χ4v) is 4.33. The monoisotopic (exact) mass is 537 g/mol. The van der Waals surface area contributed by atoms with E-state index in [2.05, 4.69) is 4.99 Å². The number of nitro groups is 1. The Bertz CT molecular complexity index is 1200. The van der Waals surface area contributed by atoms with Gasteiger partial charge in [0.05, 0.1) is 17.1 Å². The molecule has 1 heterocycles. The van der Waals surface area contributed by atoms with Gasteiger partial charge < -0.3 is 14.2 Å². The quantitative estimate of drug-likeness (QED) is 0.151. The van der Waals surface area contributed by atoms with Crippen LogP contribution >= 0.6 is 0 Å². The molecule has 3 rings (SSSR count). The third kappa shape index (κ3) is 8.56. The van der Waals surface area contributed by atoms with Crippen molar-refractivity contribution in [2.75, 3.05) is 40.0 Å². The molecule has 0 fully saturated rings. The van der Waals surface area contributed by atoms with E-state index >= 15 is 0 Å². The van der Waals surface area contributed by atoms with Crippen LogP contribution in [0, 0.1) is 16.0 Å². The predicted octanol–water partition coefficient (Wildman–Crippen LogP) is 4.30. The van der Waals surface area contributed by atoms with E-state index in [4.69, 9.17) is 14.2 Å². The Morgan fingerprint density at radius 3 is 2.51 bits per heavy atom. The summed E-state index contributed by atoms with van der Waals surface area (Å²) in [7, 11) is 1.93. The maximum atomic E-state index is 13.3. The summed E-state index contributed by atoms with van der Waals surface area (Å²) >= 11 is 0. The number of rotatable bonds is 14. The molecule has 0 saturated carbocycles. The number of carbonyl (C=O) groups excluding carboxylic acids is 2. The molecule has 0 aliphatic carbocycles. The Kier molecular flexibility index (Phi) is 11.3. The standard InChI is InChI=1S/C29H35N3O7/c1-4-14-37-16-17-39-29(34)26-21(2)30-19-25(27(26)23-11-8-12-24(18-23)32(35)36)28(33)38-15-13-31(3)20-22-9-6-5-7-10-22/h5-12,18-19,26-27H,4,13-17,20H2,1-3H3. The lowest BCUT2D eigenvalue weighted by Gasteiger charge is -2.30. The number of esters is 2. The molecule has 0 spiro atoms. The third-order valence-corrected chi connectivity index (χ3v) is 6.28. The number of aliphatic imine (C=N–C) groups is 1. The first kappa shape index (κ1) is 29.7. The lowest BCUT2D eigenvalue weighted by Crippen LogP contribution is -2.36. The summed E-state index contributed by atoms with van der Waals surface area (Å²) in [6.45, 7) is 5.78. The molecule has 2 atom stereocenters. The van der Waals surface area contributed by atoms with Crippen molar-refractivity contribution in [1.82, 2.24) is 4.90 Å². The Balaban J connectivity index is 1.76. The topological polar surface area (TPSA) is 121 Å². The van der Waals surface area contributed by atoms with Crippen molar-refractivity contribution in [2.24, 2.45) is 10.9 Å². The van der Waals surface area contributed by atoms with E-state index in [1.54, 1.807) is 13.0 Å². The van der Waals surface area contributed by atoms with E-state index in [9.17, 15) is 19.7 Å². The fraction of sp³-hybridized carbons (Fsp3) is 0.414. The third-order valence-electron chi connectivity index (χ3n) is 6.28. The number of likely N-dealkylation sites (N-methyl/N-ethyl adjacent to an activating group) is 1. The van der Waals surface area contributed by atoms with Crippen LogP contribution in [0.3, 0.4) is 0 Å². The molecule has 2 aromatic carbocycles. The van der Waals surface area contributed by atoms with Crippen LogP contribution in [0.1, 0.15) is 37.3 Å². The molecule has 2 unspecified atom stereocenters. The molecule has 0 amide bonds. The van der Waals surface area contributed by atoms with Gasteiger partial charge in [-0.15, -0.1) is 0 Å². The van der Waals surface area contributed by atoms with Crippen molar-refractivity contribution in [2.45, 2.75) is 32.7 Å². The molecule has 0 saturated heterocycles. The Morgan fingerprint density at radius 1 is 1.03 bits per heavy atom. The van der Waals surface area contributed by atoms with Crippen molar-refractivity contribution in [3.63, 3.8) is 0 Å². The average molecular weight is 538 g/mol. The van der Waals surface area contributed by atoms with Gasteiger partial charge in [0.15, 0.2) is 0 Å². The van der Waals surface area contributed by atoms with E-state index in [0.717, 1.165) is 12.0 Å². The van der Waals surface area contributed by atoms with E-state index in [1.807, 2.05) is 49.2 Å². The van der Waals surface area contributed by atoms with Crippen molar-refractivity contribution in [3.05, 3.63) is 87.6 Å². The highest BCUT2D eigenvalue weighted by Gasteiger charge is 2.41. The second-order valence-corrected chi connectivity index (χ2v) is 9.30. The summed E-state index contributed by atoms with van der Waals surface area (Å²) in [5.41, 5.74) is 1.98. The molecular formula is C29H35N3O7. The molecule has 0 bridgehead atoms. The van der Waals surface area contributed by atoms with Gasteiger partial charge in [-0.25, -0.2) is 4.79 Å². The van der Waals surface area contributed by atoms with Crippen LogP contribution in [0.15, 0.2) is 71.4 Å². The minimum atomic E-state index is -0.952. The van der Waals surface area contributed by atoms with Crippen LogP contribution in [-0.4, -0.2) is 67.5 Å². The zero-order chi connectivity index (χ0) is 28.2. The number of nitro benzene ring substituents is 1. The van der Waals surface area contributed by atoms with Crippen molar-refractivity contribution in [1.29, 1.82) is 0 Å². The van der Waals surface area contributed by atoms with Gasteiger partial charge in [-0.2, -0.15) is 0 Å². The molecule has 39 heavy (non-hydrogen) atoms. The number of carbonyl (C=O) groups is 2. The second kappa shape index (κ2) is 14.9. The van der Waals surface area contributed by atoms with Gasteiger partial charge in [0.2, 0.25) is 0 Å². The van der Waals surface area contributed by atoms with Crippen LogP contribution in [0.5, 0.6) is 0 Å². The van der Waals surface area contributed by atoms with Crippen LogP contribution in [0.25, 0.3) is 0 Å². The van der Waals surface area contributed by atoms with Crippen molar-refractivity contribution < 1.29 is 28.7 Å². The molecule has 10 nitrogen and oxygen atoms in total. The second-order valence-electron chi connectivity index (χ2n) is 9.30. The van der Waals surface area contributed by atoms with Gasteiger partial charge in [0.1, 0.15) is 19.1 Å². The predicted molar refractivity (Wildman–Crippen MR) is 146 cm³/mol. The number of non-ortho nitro benzene ring substituents is 1. The molecule has 0 radical (unpaired) electrons. The first-order valence-electron chi connectivity index (χ1n) is 12.9. The Labute approximate surface area is 228 Å². The van der Waals surface area contributed by atoms with E-state index in [0.29, 0.717) is 31.0 Å². The smallest absolute Gasteiger partial charge is 0.336 e. The normalized spacial score (nSPS) is 16.8. The highest BCUT2D eigenvalue weighted by Crippen LogP contribution is 2.38. The SMILES string of the molecule is CCCOCCOC(=O)C1C(C)=NC=C(C(=O)OCCN(C)Cc2ccccc2)C1c1cccc([N+](=O)[O-])c1. The first-order valence-corrected chi connectivity index (χ1v) is 12.9. The van der Waals surface area contributed by atoms with E-state index in [-0.39, 0.29) is 31.1 Å². The summed E-state index contributed by atoms with van der Waals surface area (Å²) in [5, 5.41) is 11.5. The number of hydrogen-bond donors (Lipinski definition) is 0. The summed E-state index contributed by atoms with van der Waals surface area (Å²) in [5.74, 6) is -3.04. The average Bonchev–Trinajstić information content (AvgIpc) is 2.93. The lowest BCUT2D eigenvalue weighted by molar-refractivity contribution is -0.384. The highest BCUT2D eigenvalue weighted by molar-refractivity contribution is 6.06. The number of benzene rings is 2. The van der Waals surface area contributed by atoms with Crippen LogP contribution < -0.4 is 0 Å². The number of ether oxygens (including phenoxy) is 3. The molecule has 1 aliphatic rings. The molecular weight excluding hydrogens is 502 g/mol. The highest BCUT2D eigenvalue weighted by atomic mass is 16.6. The maximum Gasteiger partial charge on any atom is 0.336 e. The van der Waals surface area contributed by atoms with Crippen LogP contribution in [0.4, 0.5) is 5.69 Å². The summed E-state index contributed by atoms with van der Waals surface area (Å²) in [4.78, 5) is 43.7. The van der Waals surface area contributed by atoms with Gasteiger partial charge in [0, 0.05) is 49.7 Å². The first-order chi connectivity index (χ1) is 18.8. The van der Waals surface area contributed by atoms with Gasteiger partial charge in [-0.05, 0) is 31.5 Å². The summed E-state index contributed by atoms with van der Waals surface area (Å²) in [6, 6.07) is 15.8. The zero-order valence-electron chi connectivity index (χ0n) is 22.6. The Morgan fingerprint density at radius 2 is 1.79 bits per heavy atom. The zero-order valence-corrected chi connectivity index (χ0v) is 22.6. The van der Waals surface area contributed by atoms with E-state index < -0.39 is 28.7 Å². The molecule has 10 heteroatoms. The van der Waals surface area contributed by atoms with Gasteiger partial charge in [-0.1, -0.05) is 49.4 Å². The van der Waals surface area contributed by atoms with Crippen LogP contribution in [-0.2, 0) is 30.3 Å². The number of hydrogen-bond acceptors (Lipinski definition) is 9. The van der Waals surface area contributed by atoms with Crippen LogP contribution in [0.2, 0.25) is 0 Å². The molecule has 1 aliphatic heterocycles. The van der Waals surface area contributed by atoms with Gasteiger partial charge in [-0.3, -0.25) is 24.8 Å². The molecule has 2 aromatic rings. The summed E-state index contributed by atoms with van der Waals surface area (Å²) < 4.78 is 16.4. The summed E-state index contributed by atoms with van der Waals surface area (Å²) in [6.07, 6.45) is 2.22. The van der Waals surface area contributed by atoms with E-state index in [1.165, 1.54) is 24.4 Å². The maximum absolute atomic E-state index is 13.3. The Hall–Kier alpha value is -3.89. The molecule has 0 aromatic heterocycles. The minimum absolute atomic E-state index is 0.0432. The molecule has 0 N–H and O–H groups in total. The lowest BCUT2D eigenvalue weighted by atomic mass is 9.77.